The predicted molar refractivity (Wildman–Crippen MR) is 258 cm³/mol. The number of carbonyl (C=O) groups is 4. The third-order valence-corrected chi connectivity index (χ3v) is 13.2. The van der Waals surface area contributed by atoms with E-state index in [4.69, 9.17) is 32.7 Å². The van der Waals surface area contributed by atoms with E-state index in [1.807, 2.05) is 98.6 Å². The van der Waals surface area contributed by atoms with E-state index < -0.39 is 47.7 Å². The van der Waals surface area contributed by atoms with Gasteiger partial charge in [-0.25, -0.2) is 4.98 Å². The maximum atomic E-state index is 15.1. The van der Waals surface area contributed by atoms with Gasteiger partial charge < -0.3 is 34.1 Å². The zero-order chi connectivity index (χ0) is 47.7. The lowest BCUT2D eigenvalue weighted by molar-refractivity contribution is -0.148. The summed E-state index contributed by atoms with van der Waals surface area (Å²) in [5, 5.41) is 4.24. The number of amides is 3. The van der Waals surface area contributed by atoms with Gasteiger partial charge >= 0.3 is 0 Å². The number of fused-ring (bicyclic) bond motifs is 2. The molecule has 12 nitrogen and oxygen atoms in total. The Kier molecular flexibility index (Phi) is 16.5. The van der Waals surface area contributed by atoms with Crippen LogP contribution in [0.5, 0.6) is 11.5 Å². The number of imidazole rings is 1. The topological polar surface area (TPSA) is 126 Å². The number of ether oxygens (including phenoxy) is 2. The van der Waals surface area contributed by atoms with Crippen molar-refractivity contribution in [3.63, 3.8) is 0 Å². The molecule has 7 rings (SSSR count). The maximum absolute atomic E-state index is 15.1. The van der Waals surface area contributed by atoms with Crippen LogP contribution in [0.1, 0.15) is 54.6 Å². The largest absolute Gasteiger partial charge is 0.457 e. The lowest BCUT2D eigenvalue weighted by Gasteiger charge is -2.45. The Hall–Kier alpha value is -5.60. The molecule has 2 bridgehead atoms. The van der Waals surface area contributed by atoms with Gasteiger partial charge in [-0.1, -0.05) is 71.7 Å². The van der Waals surface area contributed by atoms with Crippen molar-refractivity contribution in [3.05, 3.63) is 136 Å². The van der Waals surface area contributed by atoms with Gasteiger partial charge in [-0.05, 0) is 99.4 Å². The van der Waals surface area contributed by atoms with Gasteiger partial charge in [0.25, 0.3) is 0 Å². The Morgan fingerprint density at radius 3 is 2.33 bits per heavy atom. The minimum atomic E-state index is -1.29. The monoisotopic (exact) mass is 952 g/mol. The van der Waals surface area contributed by atoms with Crippen molar-refractivity contribution in [2.75, 3.05) is 47.6 Å². The molecule has 0 aliphatic carbocycles. The molecule has 15 heteroatoms. The summed E-state index contributed by atoms with van der Waals surface area (Å²) in [6, 6.07) is 28.1. The van der Waals surface area contributed by atoms with Gasteiger partial charge in [-0.2, -0.15) is 0 Å². The first kappa shape index (κ1) is 49.3. The number of nitrogens with one attached hydrogen (secondary N) is 1. The third-order valence-electron chi connectivity index (χ3n) is 12.8. The van der Waals surface area contributed by atoms with Crippen molar-refractivity contribution in [1.29, 1.82) is 0 Å². The molecule has 4 aromatic carbocycles. The Bertz CT molecular complexity index is 2500. The number of Topliss-reactive ketones (excluding diaryl/α,β-unsaturated/α-hetero) is 1. The number of benzene rings is 4. The molecule has 1 N–H and O–H groups in total. The standard InChI is InChI=1S/C52H59Cl2FN6O6/c1-58(2)32-48-56-30-45(59(48)3)37-14-19-43(20-15-37)67-47-28-42(54)18-13-38(47)31-61-44(21-23-55)46(62)26-40(33-66-4)50(64)57-52(29-36-11-16-41(53)17-12-36)22-8-24-60(34-52)51(65)39(27-49(61)63)25-35-9-6-5-7-10-35/h5-7,9-20,28,30,39-40,44H,8,21-27,29,31-34H2,1-4H3,(H,57,64)/t39-,40+,44+,52-/m1/s1. The summed E-state index contributed by atoms with van der Waals surface area (Å²) in [6.45, 7) is 0.105. The normalized spacial score (nSPS) is 20.8. The van der Waals surface area contributed by atoms with E-state index in [0.29, 0.717) is 59.5 Å². The van der Waals surface area contributed by atoms with Crippen molar-refractivity contribution >= 4 is 46.7 Å². The molecule has 0 saturated carbocycles. The molecular formula is C52H59Cl2FN6O6. The number of halogens is 3. The molecule has 2 aliphatic rings. The summed E-state index contributed by atoms with van der Waals surface area (Å²) in [4.78, 5) is 69.1. The number of carbonyl (C=O) groups excluding carboxylic acids is 4. The fourth-order valence-electron chi connectivity index (χ4n) is 9.38. The van der Waals surface area contributed by atoms with Crippen molar-refractivity contribution in [2.45, 2.75) is 69.6 Å². The molecular weight excluding hydrogens is 895 g/mol. The summed E-state index contributed by atoms with van der Waals surface area (Å²) in [5.74, 6) is -1.76. The number of hydrogen-bond acceptors (Lipinski definition) is 8. The van der Waals surface area contributed by atoms with Crippen LogP contribution in [0, 0.1) is 11.8 Å². The van der Waals surface area contributed by atoms with Crippen molar-refractivity contribution in [1.82, 2.24) is 29.6 Å². The third kappa shape index (κ3) is 12.5. The molecule has 3 amide bonds. The van der Waals surface area contributed by atoms with Crippen molar-refractivity contribution in [2.24, 2.45) is 18.9 Å². The Morgan fingerprint density at radius 2 is 1.63 bits per heavy atom. The minimum Gasteiger partial charge on any atom is -0.457 e. The zero-order valence-corrected chi connectivity index (χ0v) is 40.1. The van der Waals surface area contributed by atoms with E-state index in [2.05, 4.69) is 15.2 Å². The zero-order valence-electron chi connectivity index (χ0n) is 38.6. The minimum absolute atomic E-state index is 0.0987. The van der Waals surface area contributed by atoms with E-state index >= 15 is 9.59 Å². The average Bonchev–Trinajstić information content (AvgIpc) is 3.66. The Morgan fingerprint density at radius 1 is 0.896 bits per heavy atom. The second-order valence-electron chi connectivity index (χ2n) is 18.1. The smallest absolute Gasteiger partial charge is 0.226 e. The summed E-state index contributed by atoms with van der Waals surface area (Å²) in [6.07, 6.45) is 2.73. The number of piperidine rings is 1. The van der Waals surface area contributed by atoms with Gasteiger partial charge in [-0.3, -0.25) is 23.6 Å². The van der Waals surface area contributed by atoms with Gasteiger partial charge in [-0.15, -0.1) is 0 Å². The molecule has 0 spiro atoms. The number of rotatable bonds is 15. The van der Waals surface area contributed by atoms with Crippen molar-refractivity contribution in [3.8, 4) is 22.8 Å². The van der Waals surface area contributed by atoms with Crippen LogP contribution in [-0.4, -0.2) is 107 Å². The molecule has 2 aliphatic heterocycles. The molecule has 2 saturated heterocycles. The summed E-state index contributed by atoms with van der Waals surface area (Å²) in [7, 11) is 7.41. The highest BCUT2D eigenvalue weighted by Gasteiger charge is 2.43. The number of aromatic nitrogens is 2. The van der Waals surface area contributed by atoms with Gasteiger partial charge in [0.15, 0.2) is 5.78 Å². The number of methoxy groups -OCH3 is 1. The van der Waals surface area contributed by atoms with Crippen LogP contribution in [-0.2, 0) is 56.9 Å². The highest BCUT2D eigenvalue weighted by atomic mass is 35.5. The Labute approximate surface area is 402 Å². The lowest BCUT2D eigenvalue weighted by atomic mass is 9.81. The first-order valence-corrected chi connectivity index (χ1v) is 23.5. The van der Waals surface area contributed by atoms with E-state index in [-0.39, 0.29) is 51.3 Å². The number of ketones is 1. The average molecular weight is 954 g/mol. The van der Waals surface area contributed by atoms with Gasteiger partial charge in [0, 0.05) is 67.7 Å². The highest BCUT2D eigenvalue weighted by Crippen LogP contribution is 2.34. The number of alkyl halides is 1. The molecule has 0 radical (unpaired) electrons. The highest BCUT2D eigenvalue weighted by molar-refractivity contribution is 6.31. The lowest BCUT2D eigenvalue weighted by Crippen LogP contribution is -2.63. The fourth-order valence-corrected chi connectivity index (χ4v) is 9.66. The molecule has 2 fully saturated rings. The van der Waals surface area contributed by atoms with Crippen LogP contribution in [0.3, 0.4) is 0 Å². The molecule has 67 heavy (non-hydrogen) atoms. The molecule has 0 unspecified atom stereocenters. The van der Waals surface area contributed by atoms with Crippen LogP contribution >= 0.6 is 23.2 Å². The summed E-state index contributed by atoms with van der Waals surface area (Å²) in [5.41, 5.74) is 3.23. The first-order valence-electron chi connectivity index (χ1n) is 22.7. The van der Waals surface area contributed by atoms with Crippen LogP contribution in [0.2, 0.25) is 10.0 Å². The predicted octanol–water partition coefficient (Wildman–Crippen LogP) is 8.51. The second kappa shape index (κ2) is 22.5. The fraction of sp³-hybridized carbons (Fsp3) is 0.404. The molecule has 354 valence electrons. The van der Waals surface area contributed by atoms with Crippen LogP contribution in [0.25, 0.3) is 11.3 Å². The van der Waals surface area contributed by atoms with Gasteiger partial charge in [0.2, 0.25) is 17.7 Å². The Balaban J connectivity index is 1.25. The molecule has 4 atom stereocenters. The van der Waals surface area contributed by atoms with E-state index in [1.54, 1.807) is 35.2 Å². The number of hydrogen-bond donors (Lipinski definition) is 1. The van der Waals surface area contributed by atoms with Crippen molar-refractivity contribution < 1.29 is 33.0 Å². The van der Waals surface area contributed by atoms with E-state index in [9.17, 15) is 14.0 Å². The number of nitrogens with zero attached hydrogens (tertiary/aromatic N) is 5. The summed E-state index contributed by atoms with van der Waals surface area (Å²) >= 11 is 12.8. The van der Waals surface area contributed by atoms with Crippen LogP contribution in [0.15, 0.2) is 103 Å². The van der Waals surface area contributed by atoms with Gasteiger partial charge in [0.05, 0.1) is 61.7 Å². The van der Waals surface area contributed by atoms with E-state index in [1.165, 1.54) is 12.0 Å². The maximum Gasteiger partial charge on any atom is 0.226 e. The van der Waals surface area contributed by atoms with Crippen LogP contribution in [0.4, 0.5) is 4.39 Å². The van der Waals surface area contributed by atoms with Gasteiger partial charge in [0.1, 0.15) is 17.3 Å². The SMILES string of the molecule is COC[C@@H]1CC(=O)[C@H](CCF)N(Cc2ccc(Cl)cc2Oc2ccc(-c3cnc(CN(C)C)n3C)cc2)C(=O)C[C@@H](Cc2ccccc2)C(=O)N2CCC[C@@](Cc3ccc(Cl)cc3)(C2)NC1=O. The molecule has 1 aromatic heterocycles. The quantitative estimate of drug-likeness (QED) is 0.111. The molecule has 3 heterocycles. The molecule has 5 aromatic rings. The summed E-state index contributed by atoms with van der Waals surface area (Å²) < 4.78 is 28.8. The first-order chi connectivity index (χ1) is 32.2. The van der Waals surface area contributed by atoms with E-state index in [0.717, 1.165) is 28.2 Å². The second-order valence-corrected chi connectivity index (χ2v) is 19.0. The van der Waals surface area contributed by atoms with Crippen LogP contribution < -0.4 is 10.1 Å².